The highest BCUT2D eigenvalue weighted by molar-refractivity contribution is 6.44. The minimum atomic E-state index is -1.30. The van der Waals surface area contributed by atoms with Gasteiger partial charge in [-0.15, -0.1) is 0 Å². The number of ether oxygens (including phenoxy) is 1. The maximum Gasteiger partial charge on any atom is 0.459 e. The van der Waals surface area contributed by atoms with E-state index in [1.54, 1.807) is 12.2 Å². The zero-order chi connectivity index (χ0) is 11.4. The van der Waals surface area contributed by atoms with Crippen LogP contribution in [0.4, 0.5) is 0 Å². The van der Waals surface area contributed by atoms with Crippen molar-refractivity contribution < 1.29 is 14.8 Å². The van der Waals surface area contributed by atoms with Crippen molar-refractivity contribution in [2.24, 2.45) is 0 Å². The molecule has 1 unspecified atom stereocenters. The van der Waals surface area contributed by atoms with Gasteiger partial charge in [-0.3, -0.25) is 0 Å². The van der Waals surface area contributed by atoms with Crippen LogP contribution in [0.15, 0.2) is 54.3 Å². The van der Waals surface area contributed by atoms with Crippen molar-refractivity contribution in [3.05, 3.63) is 54.3 Å². The maximum absolute atomic E-state index is 8.99. The topological polar surface area (TPSA) is 49.7 Å². The molecular formula is C12H13BO3. The van der Waals surface area contributed by atoms with E-state index in [1.165, 1.54) is 0 Å². The van der Waals surface area contributed by atoms with Crippen molar-refractivity contribution in [3.8, 4) is 5.75 Å². The zero-order valence-electron chi connectivity index (χ0n) is 8.78. The molecule has 1 aromatic carbocycles. The number of allylic oxidation sites excluding steroid dienone is 3. The molecule has 1 aliphatic rings. The minimum absolute atomic E-state index is 0.233. The Morgan fingerprint density at radius 2 is 1.94 bits per heavy atom. The molecule has 3 nitrogen and oxygen atoms in total. The first-order valence-electron chi connectivity index (χ1n) is 5.23. The van der Waals surface area contributed by atoms with Gasteiger partial charge in [0.25, 0.3) is 0 Å². The summed E-state index contributed by atoms with van der Waals surface area (Å²) < 4.78 is 5.59. The molecule has 0 heterocycles. The lowest BCUT2D eigenvalue weighted by Gasteiger charge is -2.15. The van der Waals surface area contributed by atoms with Crippen molar-refractivity contribution in [2.45, 2.75) is 12.2 Å². The van der Waals surface area contributed by atoms with E-state index in [9.17, 15) is 0 Å². The second-order valence-electron chi connectivity index (χ2n) is 3.69. The summed E-state index contributed by atoms with van der Waals surface area (Å²) in [5.41, 5.74) is 0. The molecule has 0 amide bonds. The average Bonchev–Trinajstić information content (AvgIpc) is 2.31. The van der Waals surface area contributed by atoms with Gasteiger partial charge in [0.05, 0.1) is 0 Å². The van der Waals surface area contributed by atoms with Crippen LogP contribution in [0.3, 0.4) is 0 Å². The van der Waals surface area contributed by atoms with E-state index in [2.05, 4.69) is 0 Å². The molecule has 1 atom stereocenters. The highest BCUT2D eigenvalue weighted by Crippen LogP contribution is 2.24. The van der Waals surface area contributed by atoms with Crippen molar-refractivity contribution in [3.63, 3.8) is 0 Å². The van der Waals surface area contributed by atoms with Gasteiger partial charge in [-0.25, -0.2) is 0 Å². The smallest absolute Gasteiger partial charge is 0.458 e. The largest absolute Gasteiger partial charge is 0.459 e. The molecule has 0 saturated heterocycles. The third-order valence-electron chi connectivity index (χ3n) is 2.46. The quantitative estimate of drug-likeness (QED) is 0.756. The molecule has 0 bridgehead atoms. The van der Waals surface area contributed by atoms with Gasteiger partial charge in [-0.1, -0.05) is 24.3 Å². The summed E-state index contributed by atoms with van der Waals surface area (Å²) in [5.74, 6) is 1.28. The summed E-state index contributed by atoms with van der Waals surface area (Å²) in [6.45, 7) is 0. The fourth-order valence-electron chi connectivity index (χ4n) is 1.54. The highest BCUT2D eigenvalue weighted by Gasteiger charge is 2.21. The number of rotatable bonds is 3. The summed E-state index contributed by atoms with van der Waals surface area (Å²) >= 11 is 0. The minimum Gasteiger partial charge on any atom is -0.458 e. The van der Waals surface area contributed by atoms with E-state index in [4.69, 9.17) is 14.8 Å². The van der Waals surface area contributed by atoms with E-state index >= 15 is 0 Å². The first kappa shape index (κ1) is 11.0. The van der Waals surface area contributed by atoms with Crippen molar-refractivity contribution >= 4 is 7.12 Å². The van der Waals surface area contributed by atoms with Crippen molar-refractivity contribution in [1.29, 1.82) is 0 Å². The zero-order valence-corrected chi connectivity index (χ0v) is 8.78. The molecule has 1 aromatic rings. The lowest BCUT2D eigenvalue weighted by atomic mass is 9.69. The van der Waals surface area contributed by atoms with Gasteiger partial charge in [0.2, 0.25) is 0 Å². The second-order valence-corrected chi connectivity index (χ2v) is 3.69. The van der Waals surface area contributed by atoms with E-state index in [0.717, 1.165) is 11.5 Å². The first-order chi connectivity index (χ1) is 7.75. The molecule has 0 spiro atoms. The molecule has 2 rings (SSSR count). The molecule has 1 aliphatic carbocycles. The van der Waals surface area contributed by atoms with Crippen LogP contribution in [0.2, 0.25) is 5.82 Å². The SMILES string of the molecule is OB(O)C1C=CC(Oc2ccccc2)=CC1. The van der Waals surface area contributed by atoms with Gasteiger partial charge >= 0.3 is 7.12 Å². The van der Waals surface area contributed by atoms with E-state index in [-0.39, 0.29) is 5.82 Å². The Balaban J connectivity index is 1.97. The molecular weight excluding hydrogens is 203 g/mol. The molecule has 0 aromatic heterocycles. The van der Waals surface area contributed by atoms with Gasteiger partial charge < -0.3 is 14.8 Å². The molecule has 0 saturated carbocycles. The Morgan fingerprint density at radius 1 is 1.19 bits per heavy atom. The normalized spacial score (nSPS) is 19.1. The maximum atomic E-state index is 8.99. The predicted molar refractivity (Wildman–Crippen MR) is 62.9 cm³/mol. The van der Waals surface area contributed by atoms with Gasteiger partial charge in [-0.05, 0) is 30.7 Å². The van der Waals surface area contributed by atoms with Crippen molar-refractivity contribution in [2.75, 3.05) is 0 Å². The van der Waals surface area contributed by atoms with Crippen LogP contribution in [0.1, 0.15) is 6.42 Å². The first-order valence-corrected chi connectivity index (χ1v) is 5.23. The standard InChI is InChI=1S/C12H13BO3/c14-13(15)10-6-8-12(9-7-10)16-11-4-2-1-3-5-11/h1-6,8-10,14-15H,7H2. The summed E-state index contributed by atoms with van der Waals surface area (Å²) in [6.07, 6.45) is 5.96. The van der Waals surface area contributed by atoms with Crippen LogP contribution in [0.25, 0.3) is 0 Å². The molecule has 0 aliphatic heterocycles. The van der Waals surface area contributed by atoms with Crippen LogP contribution in [-0.4, -0.2) is 17.2 Å². The summed E-state index contributed by atoms with van der Waals surface area (Å²) in [4.78, 5) is 0. The molecule has 82 valence electrons. The molecule has 0 fully saturated rings. The van der Waals surface area contributed by atoms with E-state index in [0.29, 0.717) is 6.42 Å². The second kappa shape index (κ2) is 5.01. The number of hydrogen-bond acceptors (Lipinski definition) is 3. The Hall–Kier alpha value is -1.52. The highest BCUT2D eigenvalue weighted by atomic mass is 16.5. The molecule has 2 N–H and O–H groups in total. The van der Waals surface area contributed by atoms with Gasteiger partial charge in [0.15, 0.2) is 0 Å². The summed E-state index contributed by atoms with van der Waals surface area (Å²) in [5, 5.41) is 18.0. The lowest BCUT2D eigenvalue weighted by molar-refractivity contribution is 0.390. The Kier molecular flexibility index (Phi) is 3.44. The van der Waals surface area contributed by atoms with Crippen LogP contribution in [0, 0.1) is 0 Å². The van der Waals surface area contributed by atoms with E-state index in [1.807, 2.05) is 36.4 Å². The Morgan fingerprint density at radius 3 is 2.50 bits per heavy atom. The van der Waals surface area contributed by atoms with Crippen molar-refractivity contribution in [1.82, 2.24) is 0 Å². The third kappa shape index (κ3) is 2.75. The fraction of sp³-hybridized carbons (Fsp3) is 0.167. The monoisotopic (exact) mass is 216 g/mol. The fourth-order valence-corrected chi connectivity index (χ4v) is 1.54. The van der Waals surface area contributed by atoms with Crippen LogP contribution in [0.5, 0.6) is 5.75 Å². The summed E-state index contributed by atoms with van der Waals surface area (Å²) in [6, 6.07) is 9.49. The molecule has 0 radical (unpaired) electrons. The third-order valence-corrected chi connectivity index (χ3v) is 2.46. The number of para-hydroxylation sites is 1. The predicted octanol–water partition coefficient (Wildman–Crippen LogP) is 1.75. The lowest BCUT2D eigenvalue weighted by Crippen LogP contribution is -2.19. The average molecular weight is 216 g/mol. The molecule has 4 heteroatoms. The number of hydrogen-bond donors (Lipinski definition) is 2. The Labute approximate surface area is 94.8 Å². The Bertz CT molecular complexity index is 398. The molecule has 16 heavy (non-hydrogen) atoms. The van der Waals surface area contributed by atoms with Gasteiger partial charge in [0, 0.05) is 5.82 Å². The van der Waals surface area contributed by atoms with Crippen LogP contribution in [-0.2, 0) is 0 Å². The van der Waals surface area contributed by atoms with Crippen LogP contribution >= 0.6 is 0 Å². The van der Waals surface area contributed by atoms with Gasteiger partial charge in [0.1, 0.15) is 11.5 Å². The van der Waals surface area contributed by atoms with Crippen LogP contribution < -0.4 is 4.74 Å². The van der Waals surface area contributed by atoms with E-state index < -0.39 is 7.12 Å². The number of benzene rings is 1. The van der Waals surface area contributed by atoms with Gasteiger partial charge in [-0.2, -0.15) is 0 Å². The summed E-state index contributed by atoms with van der Waals surface area (Å²) in [7, 11) is -1.30.